The lowest BCUT2D eigenvalue weighted by atomic mass is 10.1. The van der Waals surface area contributed by atoms with E-state index in [0.717, 1.165) is 16.6 Å². The molecule has 0 unspecified atom stereocenters. The fraction of sp³-hybridized carbons (Fsp3) is 0.188. The minimum absolute atomic E-state index is 0.0204. The van der Waals surface area contributed by atoms with Gasteiger partial charge in [0.15, 0.2) is 0 Å². The van der Waals surface area contributed by atoms with Crippen molar-refractivity contribution < 1.29 is 14.6 Å². The van der Waals surface area contributed by atoms with Crippen molar-refractivity contribution >= 4 is 40.1 Å². The van der Waals surface area contributed by atoms with Crippen LogP contribution >= 0.6 is 23.2 Å². The standard InChI is InChI=1S/C16H13Cl2N3O3/c1-8-10(6-15(22)23)11-5-9(24-2)3-4-12(11)21(8)14-7-13(17)19-16(18)20-14/h3-5,7H,6H2,1-2H3,(H,22,23). The van der Waals surface area contributed by atoms with Crippen molar-refractivity contribution in [3.05, 3.63) is 46.0 Å². The van der Waals surface area contributed by atoms with E-state index in [2.05, 4.69) is 9.97 Å². The molecule has 0 aliphatic carbocycles. The number of rotatable bonds is 4. The summed E-state index contributed by atoms with van der Waals surface area (Å²) in [7, 11) is 1.56. The summed E-state index contributed by atoms with van der Waals surface area (Å²) in [6.45, 7) is 1.83. The molecule has 8 heteroatoms. The number of hydrogen-bond acceptors (Lipinski definition) is 4. The number of carbonyl (C=O) groups is 1. The van der Waals surface area contributed by atoms with Gasteiger partial charge in [-0.3, -0.25) is 9.36 Å². The maximum Gasteiger partial charge on any atom is 0.307 e. The van der Waals surface area contributed by atoms with Gasteiger partial charge in [0.05, 0.1) is 19.0 Å². The third-order valence-corrected chi connectivity index (χ3v) is 4.12. The highest BCUT2D eigenvalue weighted by Crippen LogP contribution is 2.32. The summed E-state index contributed by atoms with van der Waals surface area (Å²) in [6, 6.07) is 7.03. The molecule has 0 saturated carbocycles. The van der Waals surface area contributed by atoms with Crippen LogP contribution in [0.4, 0.5) is 0 Å². The number of methoxy groups -OCH3 is 1. The number of benzene rings is 1. The molecule has 6 nitrogen and oxygen atoms in total. The van der Waals surface area contributed by atoms with Crippen LogP contribution in [-0.4, -0.2) is 32.7 Å². The van der Waals surface area contributed by atoms with E-state index in [1.54, 1.807) is 19.2 Å². The lowest BCUT2D eigenvalue weighted by Crippen LogP contribution is -2.04. The Morgan fingerprint density at radius 1 is 1.29 bits per heavy atom. The zero-order valence-electron chi connectivity index (χ0n) is 12.9. The largest absolute Gasteiger partial charge is 0.497 e. The molecular weight excluding hydrogens is 353 g/mol. The van der Waals surface area contributed by atoms with Crippen LogP contribution in [0.3, 0.4) is 0 Å². The van der Waals surface area contributed by atoms with Gasteiger partial charge in [-0.25, -0.2) is 4.98 Å². The Bertz CT molecular complexity index is 933. The lowest BCUT2D eigenvalue weighted by Gasteiger charge is -2.08. The van der Waals surface area contributed by atoms with Gasteiger partial charge in [-0.05, 0) is 42.3 Å². The first-order valence-electron chi connectivity index (χ1n) is 7.01. The molecule has 0 radical (unpaired) electrons. The van der Waals surface area contributed by atoms with Crippen molar-refractivity contribution in [3.8, 4) is 11.6 Å². The Morgan fingerprint density at radius 3 is 2.67 bits per heavy atom. The van der Waals surface area contributed by atoms with Crippen LogP contribution in [0.2, 0.25) is 10.4 Å². The van der Waals surface area contributed by atoms with Gasteiger partial charge in [0.25, 0.3) is 0 Å². The van der Waals surface area contributed by atoms with Crippen molar-refractivity contribution in [1.29, 1.82) is 0 Å². The SMILES string of the molecule is COc1ccc2c(c1)c(CC(=O)O)c(C)n2-c1cc(Cl)nc(Cl)n1. The van der Waals surface area contributed by atoms with Gasteiger partial charge in [-0.1, -0.05) is 11.6 Å². The smallest absolute Gasteiger partial charge is 0.307 e. The maximum absolute atomic E-state index is 11.3. The van der Waals surface area contributed by atoms with Crippen LogP contribution in [0, 0.1) is 6.92 Å². The van der Waals surface area contributed by atoms with Crippen LogP contribution in [0.1, 0.15) is 11.3 Å². The average molecular weight is 366 g/mol. The van der Waals surface area contributed by atoms with Gasteiger partial charge < -0.3 is 9.84 Å². The highest BCUT2D eigenvalue weighted by Gasteiger charge is 2.19. The van der Waals surface area contributed by atoms with E-state index in [1.165, 1.54) is 0 Å². The fourth-order valence-corrected chi connectivity index (χ4v) is 3.15. The minimum Gasteiger partial charge on any atom is -0.497 e. The quantitative estimate of drug-likeness (QED) is 0.563. The van der Waals surface area contributed by atoms with E-state index in [4.69, 9.17) is 27.9 Å². The summed E-state index contributed by atoms with van der Waals surface area (Å²) < 4.78 is 7.06. The van der Waals surface area contributed by atoms with E-state index >= 15 is 0 Å². The van der Waals surface area contributed by atoms with Crippen LogP contribution in [0.5, 0.6) is 5.75 Å². The van der Waals surface area contributed by atoms with Gasteiger partial charge in [0, 0.05) is 17.1 Å². The number of fused-ring (bicyclic) bond motifs is 1. The first-order valence-corrected chi connectivity index (χ1v) is 7.76. The topological polar surface area (TPSA) is 77.2 Å². The Morgan fingerprint density at radius 2 is 2.04 bits per heavy atom. The van der Waals surface area contributed by atoms with Crippen LogP contribution < -0.4 is 4.74 Å². The number of aromatic nitrogens is 3. The van der Waals surface area contributed by atoms with Crippen LogP contribution in [0.25, 0.3) is 16.7 Å². The summed E-state index contributed by atoms with van der Waals surface area (Å²) in [5.74, 6) is 0.202. The second-order valence-corrected chi connectivity index (χ2v) is 5.90. The summed E-state index contributed by atoms with van der Waals surface area (Å²) in [6.07, 6.45) is -0.116. The van der Waals surface area contributed by atoms with Gasteiger partial charge in [0.1, 0.15) is 16.7 Å². The van der Waals surface area contributed by atoms with E-state index in [1.807, 2.05) is 23.6 Å². The Hall–Kier alpha value is -2.31. The summed E-state index contributed by atoms with van der Waals surface area (Å²) >= 11 is 11.9. The normalized spacial score (nSPS) is 11.0. The van der Waals surface area contributed by atoms with Gasteiger partial charge >= 0.3 is 5.97 Å². The molecule has 2 aromatic heterocycles. The predicted octanol–water partition coefficient (Wildman–Crippen LogP) is 3.67. The Labute approximate surface area is 147 Å². The molecule has 0 bridgehead atoms. The number of hydrogen-bond donors (Lipinski definition) is 1. The summed E-state index contributed by atoms with van der Waals surface area (Å²) in [5.41, 5.74) is 2.21. The van der Waals surface area contributed by atoms with Crippen LogP contribution in [-0.2, 0) is 11.2 Å². The molecule has 0 aliphatic heterocycles. The van der Waals surface area contributed by atoms with Crippen molar-refractivity contribution in [2.45, 2.75) is 13.3 Å². The van der Waals surface area contributed by atoms with Crippen molar-refractivity contribution in [2.75, 3.05) is 7.11 Å². The predicted molar refractivity (Wildman–Crippen MR) is 91.5 cm³/mol. The molecule has 0 spiro atoms. The molecule has 124 valence electrons. The molecule has 1 aromatic carbocycles. The third kappa shape index (κ3) is 2.90. The monoisotopic (exact) mass is 365 g/mol. The Kier molecular flexibility index (Phi) is 4.34. The molecule has 0 fully saturated rings. The third-order valence-electron chi connectivity index (χ3n) is 3.75. The first kappa shape index (κ1) is 16.5. The summed E-state index contributed by atoms with van der Waals surface area (Å²) in [4.78, 5) is 19.3. The second-order valence-electron chi connectivity index (χ2n) is 5.17. The Balaban J connectivity index is 2.35. The molecule has 0 atom stereocenters. The van der Waals surface area contributed by atoms with Gasteiger partial charge in [-0.2, -0.15) is 4.98 Å². The highest BCUT2D eigenvalue weighted by molar-refractivity contribution is 6.31. The maximum atomic E-state index is 11.3. The number of halogens is 2. The molecule has 0 amide bonds. The molecule has 3 aromatic rings. The molecule has 1 N–H and O–H groups in total. The lowest BCUT2D eigenvalue weighted by molar-refractivity contribution is -0.136. The number of carboxylic acid groups (broad SMARTS) is 1. The van der Waals surface area contributed by atoms with E-state index in [0.29, 0.717) is 17.1 Å². The van der Waals surface area contributed by atoms with E-state index < -0.39 is 5.97 Å². The van der Waals surface area contributed by atoms with Crippen molar-refractivity contribution in [3.63, 3.8) is 0 Å². The van der Waals surface area contributed by atoms with Crippen LogP contribution in [0.15, 0.2) is 24.3 Å². The fourth-order valence-electron chi connectivity index (χ4n) is 2.75. The molecule has 24 heavy (non-hydrogen) atoms. The molecular formula is C16H13Cl2N3O3. The van der Waals surface area contributed by atoms with Crippen molar-refractivity contribution in [2.24, 2.45) is 0 Å². The van der Waals surface area contributed by atoms with Crippen molar-refractivity contribution in [1.82, 2.24) is 14.5 Å². The molecule has 2 heterocycles. The van der Waals surface area contributed by atoms with E-state index in [-0.39, 0.29) is 16.9 Å². The zero-order chi connectivity index (χ0) is 17.4. The molecule has 0 saturated heterocycles. The number of carboxylic acids is 1. The average Bonchev–Trinajstić information content (AvgIpc) is 2.77. The van der Waals surface area contributed by atoms with E-state index in [9.17, 15) is 9.90 Å². The molecule has 3 rings (SSSR count). The molecule has 0 aliphatic rings. The first-order chi connectivity index (χ1) is 11.4. The highest BCUT2D eigenvalue weighted by atomic mass is 35.5. The summed E-state index contributed by atoms with van der Waals surface area (Å²) in [5, 5.41) is 10.2. The van der Waals surface area contributed by atoms with Gasteiger partial charge in [-0.15, -0.1) is 0 Å². The zero-order valence-corrected chi connectivity index (χ0v) is 14.4. The number of nitrogens with zero attached hydrogens (tertiary/aromatic N) is 3. The number of ether oxygens (including phenoxy) is 1. The minimum atomic E-state index is -0.918. The second kappa shape index (κ2) is 6.30. The number of aliphatic carboxylic acids is 1. The van der Waals surface area contributed by atoms with Gasteiger partial charge in [0.2, 0.25) is 5.28 Å².